The molecule has 0 spiro atoms. The van der Waals surface area contributed by atoms with E-state index < -0.39 is 0 Å². The molecule has 5 heteroatoms. The topological polar surface area (TPSA) is 41.6 Å². The second-order valence-corrected chi connectivity index (χ2v) is 7.68. The molecule has 0 radical (unpaired) electrons. The molecule has 1 heterocycles. The first kappa shape index (κ1) is 18.8. The lowest BCUT2D eigenvalue weighted by Crippen LogP contribution is -2.30. The van der Waals surface area contributed by atoms with Crippen molar-refractivity contribution in [2.24, 2.45) is 0 Å². The number of nitrogens with one attached hydrogen (secondary N) is 1. The molecule has 0 bridgehead atoms. The Morgan fingerprint density at radius 1 is 1.23 bits per heavy atom. The first-order valence-electron chi connectivity index (χ1n) is 9.02. The van der Waals surface area contributed by atoms with E-state index in [0.29, 0.717) is 13.2 Å². The number of ether oxygens (including phenoxy) is 1. The van der Waals surface area contributed by atoms with Gasteiger partial charge in [-0.1, -0.05) is 29.8 Å². The SMILES string of the molecule is COCCCNC(=O)c1ccc2c(c1)N(Cc1ccc(C)cc1)CCS2. The molecular weight excluding hydrogens is 344 g/mol. The van der Waals surface area contributed by atoms with E-state index in [0.717, 1.165) is 36.5 Å². The van der Waals surface area contributed by atoms with E-state index in [-0.39, 0.29) is 5.91 Å². The van der Waals surface area contributed by atoms with Crippen LogP contribution in [0.15, 0.2) is 47.4 Å². The number of methoxy groups -OCH3 is 1. The second kappa shape index (κ2) is 9.10. The quantitative estimate of drug-likeness (QED) is 0.751. The molecule has 26 heavy (non-hydrogen) atoms. The summed E-state index contributed by atoms with van der Waals surface area (Å²) in [6.07, 6.45) is 0.822. The number of anilines is 1. The van der Waals surface area contributed by atoms with Gasteiger partial charge in [0.15, 0.2) is 0 Å². The number of rotatable bonds is 7. The number of fused-ring (bicyclic) bond motifs is 1. The Hall–Kier alpha value is -1.98. The van der Waals surface area contributed by atoms with Crippen molar-refractivity contribution >= 4 is 23.4 Å². The van der Waals surface area contributed by atoms with Crippen LogP contribution in [0.2, 0.25) is 0 Å². The molecule has 1 aliphatic heterocycles. The summed E-state index contributed by atoms with van der Waals surface area (Å²) in [5, 5.41) is 2.97. The monoisotopic (exact) mass is 370 g/mol. The lowest BCUT2D eigenvalue weighted by molar-refractivity contribution is 0.0948. The Bertz CT molecular complexity index is 746. The van der Waals surface area contributed by atoms with Crippen molar-refractivity contribution in [3.8, 4) is 0 Å². The van der Waals surface area contributed by atoms with Gasteiger partial charge in [-0.3, -0.25) is 4.79 Å². The van der Waals surface area contributed by atoms with Crippen LogP contribution in [0.5, 0.6) is 0 Å². The van der Waals surface area contributed by atoms with Crippen LogP contribution in [-0.4, -0.2) is 38.5 Å². The zero-order valence-corrected chi connectivity index (χ0v) is 16.3. The predicted molar refractivity (Wildman–Crippen MR) is 108 cm³/mol. The normalized spacial score (nSPS) is 13.4. The molecule has 0 aromatic heterocycles. The summed E-state index contributed by atoms with van der Waals surface area (Å²) < 4.78 is 5.02. The van der Waals surface area contributed by atoms with Crippen molar-refractivity contribution in [2.45, 2.75) is 24.8 Å². The van der Waals surface area contributed by atoms with E-state index in [1.54, 1.807) is 7.11 Å². The number of hydrogen-bond acceptors (Lipinski definition) is 4. The minimum atomic E-state index is -0.0187. The van der Waals surface area contributed by atoms with E-state index in [1.165, 1.54) is 16.0 Å². The van der Waals surface area contributed by atoms with Crippen LogP contribution >= 0.6 is 11.8 Å². The molecule has 3 rings (SSSR count). The Morgan fingerprint density at radius 3 is 2.81 bits per heavy atom. The highest BCUT2D eigenvalue weighted by Crippen LogP contribution is 2.36. The van der Waals surface area contributed by atoms with Crippen LogP contribution in [0.4, 0.5) is 5.69 Å². The minimum Gasteiger partial charge on any atom is -0.385 e. The summed E-state index contributed by atoms with van der Waals surface area (Å²) in [6, 6.07) is 14.7. The van der Waals surface area contributed by atoms with Gasteiger partial charge < -0.3 is 15.0 Å². The molecule has 1 N–H and O–H groups in total. The number of benzene rings is 2. The van der Waals surface area contributed by atoms with Gasteiger partial charge in [0.2, 0.25) is 0 Å². The number of carbonyl (C=O) groups is 1. The van der Waals surface area contributed by atoms with Crippen LogP contribution in [0.3, 0.4) is 0 Å². The van der Waals surface area contributed by atoms with E-state index in [4.69, 9.17) is 4.74 Å². The third-order valence-corrected chi connectivity index (χ3v) is 5.53. The molecular formula is C21H26N2O2S. The molecule has 4 nitrogen and oxygen atoms in total. The fraction of sp³-hybridized carbons (Fsp3) is 0.381. The molecule has 0 atom stereocenters. The molecule has 138 valence electrons. The maximum absolute atomic E-state index is 12.4. The average molecular weight is 371 g/mol. The van der Waals surface area contributed by atoms with Crippen LogP contribution in [0.25, 0.3) is 0 Å². The maximum atomic E-state index is 12.4. The van der Waals surface area contributed by atoms with Crippen molar-refractivity contribution in [3.05, 3.63) is 59.2 Å². The van der Waals surface area contributed by atoms with Crippen molar-refractivity contribution in [3.63, 3.8) is 0 Å². The summed E-state index contributed by atoms with van der Waals surface area (Å²) in [5.74, 6) is 1.05. The smallest absolute Gasteiger partial charge is 0.251 e. The zero-order valence-electron chi connectivity index (χ0n) is 15.5. The third kappa shape index (κ3) is 4.80. The molecule has 1 amide bonds. The van der Waals surface area contributed by atoms with Gasteiger partial charge in [0, 0.05) is 49.6 Å². The average Bonchev–Trinajstić information content (AvgIpc) is 2.67. The summed E-state index contributed by atoms with van der Waals surface area (Å²) in [5.41, 5.74) is 4.45. The summed E-state index contributed by atoms with van der Waals surface area (Å²) in [7, 11) is 1.67. The van der Waals surface area contributed by atoms with E-state index in [1.807, 2.05) is 23.9 Å². The van der Waals surface area contributed by atoms with Gasteiger partial charge in [0.05, 0.1) is 5.69 Å². The van der Waals surface area contributed by atoms with Gasteiger partial charge in [-0.05, 0) is 37.1 Å². The Labute approximate surface area is 159 Å². The van der Waals surface area contributed by atoms with Gasteiger partial charge in [0.25, 0.3) is 5.91 Å². The standard InChI is InChI=1S/C21H26N2O2S/c1-16-4-6-17(7-5-16)15-23-11-13-26-20-9-8-18(14-19(20)23)21(24)22-10-3-12-25-2/h4-9,14H,3,10-13,15H2,1-2H3,(H,22,24). The zero-order chi connectivity index (χ0) is 18.4. The summed E-state index contributed by atoms with van der Waals surface area (Å²) in [6.45, 7) is 5.25. The second-order valence-electron chi connectivity index (χ2n) is 6.54. The van der Waals surface area contributed by atoms with Crippen LogP contribution < -0.4 is 10.2 Å². The lowest BCUT2D eigenvalue weighted by atomic mass is 10.1. The van der Waals surface area contributed by atoms with Crippen molar-refractivity contribution in [2.75, 3.05) is 37.5 Å². The molecule has 0 fully saturated rings. The van der Waals surface area contributed by atoms with Crippen molar-refractivity contribution in [1.29, 1.82) is 0 Å². The van der Waals surface area contributed by atoms with Crippen LogP contribution in [-0.2, 0) is 11.3 Å². The molecule has 2 aromatic rings. The molecule has 2 aromatic carbocycles. The highest BCUT2D eigenvalue weighted by molar-refractivity contribution is 7.99. The molecule has 0 saturated heterocycles. The number of amides is 1. The molecule has 0 unspecified atom stereocenters. The van der Waals surface area contributed by atoms with E-state index >= 15 is 0 Å². The highest BCUT2D eigenvalue weighted by Gasteiger charge is 2.19. The molecule has 1 aliphatic rings. The Kier molecular flexibility index (Phi) is 6.58. The van der Waals surface area contributed by atoms with Crippen LogP contribution in [0, 0.1) is 6.92 Å². The first-order chi connectivity index (χ1) is 12.7. The van der Waals surface area contributed by atoms with E-state index in [2.05, 4.69) is 47.5 Å². The van der Waals surface area contributed by atoms with Gasteiger partial charge in [-0.25, -0.2) is 0 Å². The van der Waals surface area contributed by atoms with Gasteiger partial charge in [0.1, 0.15) is 0 Å². The number of hydrogen-bond donors (Lipinski definition) is 1. The fourth-order valence-electron chi connectivity index (χ4n) is 3.01. The first-order valence-corrected chi connectivity index (χ1v) is 10.0. The summed E-state index contributed by atoms with van der Waals surface area (Å²) in [4.78, 5) is 16.0. The largest absolute Gasteiger partial charge is 0.385 e. The molecule has 0 saturated carbocycles. The maximum Gasteiger partial charge on any atom is 0.251 e. The van der Waals surface area contributed by atoms with Gasteiger partial charge in [-0.15, -0.1) is 11.8 Å². The van der Waals surface area contributed by atoms with Gasteiger partial charge >= 0.3 is 0 Å². The van der Waals surface area contributed by atoms with E-state index in [9.17, 15) is 4.79 Å². The lowest BCUT2D eigenvalue weighted by Gasteiger charge is -2.31. The predicted octanol–water partition coefficient (Wildman–Crippen LogP) is 3.87. The number of nitrogens with zero attached hydrogens (tertiary/aromatic N) is 1. The Balaban J connectivity index is 1.72. The van der Waals surface area contributed by atoms with Crippen LogP contribution in [0.1, 0.15) is 27.9 Å². The highest BCUT2D eigenvalue weighted by atomic mass is 32.2. The number of carbonyl (C=O) groups excluding carboxylic acids is 1. The van der Waals surface area contributed by atoms with Crippen molar-refractivity contribution < 1.29 is 9.53 Å². The van der Waals surface area contributed by atoms with Gasteiger partial charge in [-0.2, -0.15) is 0 Å². The number of aryl methyl sites for hydroxylation is 1. The fourth-order valence-corrected chi connectivity index (χ4v) is 4.04. The molecule has 0 aliphatic carbocycles. The minimum absolute atomic E-state index is 0.0187. The number of thioether (sulfide) groups is 1. The Morgan fingerprint density at radius 2 is 2.04 bits per heavy atom. The summed E-state index contributed by atoms with van der Waals surface area (Å²) >= 11 is 1.86. The third-order valence-electron chi connectivity index (χ3n) is 4.49. The van der Waals surface area contributed by atoms with Crippen molar-refractivity contribution in [1.82, 2.24) is 5.32 Å².